The predicted octanol–water partition coefficient (Wildman–Crippen LogP) is 13.7. The highest BCUT2D eigenvalue weighted by molar-refractivity contribution is 5.44. The van der Waals surface area contributed by atoms with Crippen molar-refractivity contribution in [2.45, 2.75) is 148 Å². The zero-order valence-corrected chi connectivity index (χ0v) is 31.1. The van der Waals surface area contributed by atoms with Gasteiger partial charge in [-0.2, -0.15) is 0 Å². The van der Waals surface area contributed by atoms with Crippen molar-refractivity contribution in [3.8, 4) is 0 Å². The summed E-state index contributed by atoms with van der Waals surface area (Å²) in [5.74, 6) is 1.37. The lowest BCUT2D eigenvalue weighted by molar-refractivity contribution is 0.542. The molecule has 3 atom stereocenters. The third kappa shape index (κ3) is 12.7. The third-order valence-electron chi connectivity index (χ3n) is 10.7. The van der Waals surface area contributed by atoms with Crippen LogP contribution in [0.3, 0.4) is 0 Å². The van der Waals surface area contributed by atoms with Gasteiger partial charge in [0.05, 0.1) is 0 Å². The largest absolute Gasteiger partial charge is 0.399 e. The lowest BCUT2D eigenvalue weighted by atomic mass is 9.82. The lowest BCUT2D eigenvalue weighted by Gasteiger charge is -2.22. The lowest BCUT2D eigenvalue weighted by Crippen LogP contribution is -2.07. The molecule has 0 radical (unpaired) electrons. The van der Waals surface area contributed by atoms with Gasteiger partial charge in [0, 0.05) is 23.2 Å². The first-order valence-electron chi connectivity index (χ1n) is 19.9. The minimum atomic E-state index is 0.419. The van der Waals surface area contributed by atoms with Gasteiger partial charge in [-0.15, -0.1) is 0 Å². The van der Waals surface area contributed by atoms with Crippen molar-refractivity contribution < 1.29 is 0 Å². The molecule has 3 unspecified atom stereocenters. The highest BCUT2D eigenvalue weighted by Crippen LogP contribution is 2.35. The number of nitrogens with two attached hydrogens (primary N) is 2. The van der Waals surface area contributed by atoms with Crippen molar-refractivity contribution in [1.82, 2.24) is 0 Å². The number of anilines is 2. The molecule has 4 aromatic rings. The second-order valence-electron chi connectivity index (χ2n) is 14.6. The van der Waals surface area contributed by atoms with E-state index < -0.39 is 0 Å². The van der Waals surface area contributed by atoms with Crippen LogP contribution in [0.2, 0.25) is 0 Å². The number of hydrogen-bond acceptors (Lipinski definition) is 2. The monoisotopic (exact) mass is 659 g/mol. The molecule has 49 heavy (non-hydrogen) atoms. The molecule has 0 fully saturated rings. The Hall–Kier alpha value is -3.52. The van der Waals surface area contributed by atoms with E-state index in [-0.39, 0.29) is 0 Å². The van der Waals surface area contributed by atoms with Gasteiger partial charge in [0.1, 0.15) is 0 Å². The molecule has 264 valence electrons. The minimum absolute atomic E-state index is 0.419. The third-order valence-corrected chi connectivity index (χ3v) is 10.7. The molecule has 4 aromatic carbocycles. The molecule has 0 spiro atoms. The number of hydrogen-bond donors (Lipinski definition) is 2. The van der Waals surface area contributed by atoms with Crippen molar-refractivity contribution >= 4 is 11.4 Å². The van der Waals surface area contributed by atoms with E-state index in [9.17, 15) is 0 Å². The topological polar surface area (TPSA) is 52.0 Å². The smallest absolute Gasteiger partial charge is 0.0314 e. The maximum absolute atomic E-state index is 6.07. The van der Waals surface area contributed by atoms with Crippen molar-refractivity contribution in [3.63, 3.8) is 0 Å². The second kappa shape index (κ2) is 21.5. The van der Waals surface area contributed by atoms with Gasteiger partial charge >= 0.3 is 0 Å². The molecule has 4 N–H and O–H groups in total. The van der Waals surface area contributed by atoms with Crippen molar-refractivity contribution in [3.05, 3.63) is 130 Å². The van der Waals surface area contributed by atoms with Crippen LogP contribution in [0, 0.1) is 0 Å². The molecule has 2 nitrogen and oxygen atoms in total. The first-order chi connectivity index (χ1) is 24.0. The Kier molecular flexibility index (Phi) is 16.8. The fourth-order valence-electron chi connectivity index (χ4n) is 7.61. The summed E-state index contributed by atoms with van der Waals surface area (Å²) >= 11 is 0. The highest BCUT2D eigenvalue weighted by atomic mass is 14.5. The van der Waals surface area contributed by atoms with E-state index in [1.807, 2.05) is 0 Å². The summed E-state index contributed by atoms with van der Waals surface area (Å²) in [7, 11) is 0. The first kappa shape index (κ1) is 38.3. The number of unbranched alkanes of at least 4 members (excludes halogenated alkanes) is 10. The fourth-order valence-corrected chi connectivity index (χ4v) is 7.61. The van der Waals surface area contributed by atoms with Gasteiger partial charge in [-0.05, 0) is 89.2 Å². The molecule has 0 saturated heterocycles. The van der Waals surface area contributed by atoms with Gasteiger partial charge in [-0.25, -0.2) is 0 Å². The second-order valence-corrected chi connectivity index (χ2v) is 14.6. The fraction of sp³-hybridized carbons (Fsp3) is 0.489. The molecule has 0 aliphatic carbocycles. The molecule has 0 heterocycles. The summed E-state index contributed by atoms with van der Waals surface area (Å²) in [6, 6.07) is 36.6. The SMILES string of the molecule is CCCCCCCC(Cc1ccc(C(CCCCCC)c2ccc(N)cc2)cc1)c1ccc(C(CCCCCC)c2ccc(N)cc2)cc1. The first-order valence-corrected chi connectivity index (χ1v) is 19.9. The Morgan fingerprint density at radius 1 is 0.367 bits per heavy atom. The van der Waals surface area contributed by atoms with E-state index in [1.54, 1.807) is 0 Å². The van der Waals surface area contributed by atoms with E-state index in [0.717, 1.165) is 17.8 Å². The van der Waals surface area contributed by atoms with Gasteiger partial charge in [-0.1, -0.05) is 177 Å². The Balaban J connectivity index is 1.52. The highest BCUT2D eigenvalue weighted by Gasteiger charge is 2.18. The van der Waals surface area contributed by atoms with Crippen LogP contribution in [0.5, 0.6) is 0 Å². The van der Waals surface area contributed by atoms with Gasteiger partial charge in [0.25, 0.3) is 0 Å². The summed E-state index contributed by atoms with van der Waals surface area (Å²) in [5.41, 5.74) is 22.4. The zero-order chi connectivity index (χ0) is 34.7. The van der Waals surface area contributed by atoms with Gasteiger partial charge < -0.3 is 11.5 Å². The van der Waals surface area contributed by atoms with Gasteiger partial charge in [-0.3, -0.25) is 0 Å². The summed E-state index contributed by atoms with van der Waals surface area (Å²) in [4.78, 5) is 0. The van der Waals surface area contributed by atoms with E-state index in [4.69, 9.17) is 11.5 Å². The van der Waals surface area contributed by atoms with Crippen LogP contribution in [-0.4, -0.2) is 0 Å². The molecule has 0 aliphatic rings. The van der Waals surface area contributed by atoms with E-state index >= 15 is 0 Å². The van der Waals surface area contributed by atoms with Crippen molar-refractivity contribution in [2.24, 2.45) is 0 Å². The predicted molar refractivity (Wildman–Crippen MR) is 216 cm³/mol. The van der Waals surface area contributed by atoms with Crippen LogP contribution in [0.1, 0.15) is 175 Å². The average molecular weight is 659 g/mol. The Bertz CT molecular complexity index is 1420. The van der Waals surface area contributed by atoms with Crippen molar-refractivity contribution in [1.29, 1.82) is 0 Å². The quantitative estimate of drug-likeness (QED) is 0.0615. The molecular formula is C47H66N2. The summed E-state index contributed by atoms with van der Waals surface area (Å²) < 4.78 is 0. The molecule has 0 bridgehead atoms. The summed E-state index contributed by atoms with van der Waals surface area (Å²) in [5, 5.41) is 0. The van der Waals surface area contributed by atoms with Crippen LogP contribution < -0.4 is 11.5 Å². The maximum Gasteiger partial charge on any atom is 0.0314 e. The van der Waals surface area contributed by atoms with Crippen molar-refractivity contribution in [2.75, 3.05) is 11.5 Å². The van der Waals surface area contributed by atoms with E-state index in [2.05, 4.69) is 118 Å². The molecule has 0 aromatic heterocycles. The molecule has 2 heteroatoms. The summed E-state index contributed by atoms with van der Waals surface area (Å²) in [6.07, 6.45) is 21.6. The molecule has 0 amide bonds. The molecule has 4 rings (SSSR count). The number of benzene rings is 4. The van der Waals surface area contributed by atoms with Crippen LogP contribution >= 0.6 is 0 Å². The van der Waals surface area contributed by atoms with Gasteiger partial charge in [0.2, 0.25) is 0 Å². The minimum Gasteiger partial charge on any atom is -0.399 e. The maximum atomic E-state index is 6.07. The Morgan fingerprint density at radius 3 is 1.12 bits per heavy atom. The number of nitrogen functional groups attached to an aromatic ring is 2. The van der Waals surface area contributed by atoms with Crippen LogP contribution in [0.15, 0.2) is 97.1 Å². The standard InChI is InChI=1S/C47H66N2/c1-4-7-10-13-14-17-43(38-24-26-40(27-25-38)47(19-16-12-9-6-3)42-30-34-45(49)35-31-42)36-37-20-22-39(23-21-37)46(18-15-11-8-5-2)41-28-32-44(48)33-29-41/h20-35,43,46-47H,4-19,36,48-49H2,1-3H3. The van der Waals surface area contributed by atoms with E-state index in [0.29, 0.717) is 17.8 Å². The molecular weight excluding hydrogens is 593 g/mol. The Labute approximate surface area is 300 Å². The Morgan fingerprint density at radius 2 is 0.694 bits per heavy atom. The number of rotatable bonds is 23. The van der Waals surface area contributed by atoms with Gasteiger partial charge in [0.15, 0.2) is 0 Å². The van der Waals surface area contributed by atoms with Crippen LogP contribution in [0.4, 0.5) is 11.4 Å². The average Bonchev–Trinajstić information content (AvgIpc) is 3.13. The van der Waals surface area contributed by atoms with Crippen LogP contribution in [0.25, 0.3) is 0 Å². The molecule has 0 saturated carbocycles. The summed E-state index contributed by atoms with van der Waals surface area (Å²) in [6.45, 7) is 6.88. The van der Waals surface area contributed by atoms with Crippen LogP contribution in [-0.2, 0) is 6.42 Å². The normalized spacial score (nSPS) is 13.3. The zero-order valence-electron chi connectivity index (χ0n) is 31.1. The molecule has 0 aliphatic heterocycles. The van der Waals surface area contributed by atoms with E-state index in [1.165, 1.54) is 136 Å².